The number of β-lactam (4-membered cyclic amide) rings is 1. The van der Waals surface area contributed by atoms with Crippen LogP contribution in [0.15, 0.2) is 40.7 Å². The molecule has 3 amide bonds. The normalized spacial score (nSPS) is 18.2. The summed E-state index contributed by atoms with van der Waals surface area (Å²) in [7, 11) is 2.77. The van der Waals surface area contributed by atoms with E-state index >= 15 is 0 Å². The van der Waals surface area contributed by atoms with Crippen molar-refractivity contribution in [2.45, 2.75) is 44.4 Å². The third-order valence-corrected chi connectivity index (χ3v) is 8.87. The smallest absolute Gasteiger partial charge is 0.413 e. The number of aromatic nitrogens is 1. The largest absolute Gasteiger partial charge is 0.497 e. The average Bonchev–Trinajstić information content (AvgIpc) is 3.34. The number of amides is 3. The van der Waals surface area contributed by atoms with Crippen LogP contribution in [0.2, 0.25) is 4.34 Å². The minimum atomic E-state index is -1.01. The second-order valence-corrected chi connectivity index (χ2v) is 13.2. The summed E-state index contributed by atoms with van der Waals surface area (Å²) in [4.78, 5) is 62.3. The van der Waals surface area contributed by atoms with Gasteiger partial charge in [-0.3, -0.25) is 19.8 Å². The van der Waals surface area contributed by atoms with Crippen LogP contribution in [0.5, 0.6) is 5.75 Å². The lowest BCUT2D eigenvalue weighted by molar-refractivity contribution is -0.153. The maximum absolute atomic E-state index is 13.3. The molecule has 0 unspecified atom stereocenters. The van der Waals surface area contributed by atoms with Crippen molar-refractivity contribution in [3.8, 4) is 5.75 Å². The molecule has 3 heterocycles. The lowest BCUT2D eigenvalue weighted by Gasteiger charge is -2.49. The van der Waals surface area contributed by atoms with Crippen LogP contribution in [0.1, 0.15) is 32.0 Å². The van der Waals surface area contributed by atoms with Gasteiger partial charge in [-0.25, -0.2) is 14.6 Å². The number of carbonyl (C=O) groups is 4. The molecule has 2 aromatic rings. The molecule has 2 atom stereocenters. The highest BCUT2D eigenvalue weighted by Crippen LogP contribution is 2.41. The zero-order chi connectivity index (χ0) is 32.2. The Kier molecular flexibility index (Phi) is 10.7. The van der Waals surface area contributed by atoms with Crippen LogP contribution in [0.3, 0.4) is 0 Å². The van der Waals surface area contributed by atoms with E-state index in [0.29, 0.717) is 17.1 Å². The van der Waals surface area contributed by atoms with Crippen molar-refractivity contribution in [1.29, 1.82) is 0 Å². The van der Waals surface area contributed by atoms with Crippen molar-refractivity contribution in [2.24, 2.45) is 5.16 Å². The standard InChI is InChI=1S/C27H29Cl2N5O8S2/c1-27(2,3)42-26(38)32-25-31-16(20(29)44-25)17(33-40-5)21(35)30-18-22(36)34-19(14(10-28)12-43-23(18)34)24(37)41-11-13-6-8-15(39-4)9-7-13/h6-9,18,23H,10-12H2,1-5H3,(H,30,35)(H,31,32,38)/b33-17-/t18-,23-/m1/s1. The highest BCUT2D eigenvalue weighted by atomic mass is 35.5. The number of methoxy groups -OCH3 is 1. The van der Waals surface area contributed by atoms with E-state index in [4.69, 9.17) is 42.3 Å². The van der Waals surface area contributed by atoms with Crippen molar-refractivity contribution >= 4 is 81.0 Å². The Morgan fingerprint density at radius 1 is 1.18 bits per heavy atom. The predicted octanol–water partition coefficient (Wildman–Crippen LogP) is 4.14. The first kappa shape index (κ1) is 33.4. The van der Waals surface area contributed by atoms with Gasteiger partial charge in [0.05, 0.1) is 7.11 Å². The van der Waals surface area contributed by atoms with Crippen LogP contribution in [0.25, 0.3) is 0 Å². The Hall–Kier alpha value is -3.53. The maximum Gasteiger partial charge on any atom is 0.413 e. The molecule has 2 N–H and O–H groups in total. The number of oxime groups is 1. The Labute approximate surface area is 271 Å². The molecular weight excluding hydrogens is 657 g/mol. The topological polar surface area (TPSA) is 158 Å². The number of carbonyl (C=O) groups excluding carboxylic acids is 4. The number of nitrogens with one attached hydrogen (secondary N) is 2. The van der Waals surface area contributed by atoms with Crippen molar-refractivity contribution < 1.29 is 38.2 Å². The molecule has 1 saturated heterocycles. The summed E-state index contributed by atoms with van der Waals surface area (Å²) in [6, 6.07) is 5.99. The number of alkyl halides is 1. The van der Waals surface area contributed by atoms with Gasteiger partial charge in [-0.1, -0.05) is 40.2 Å². The van der Waals surface area contributed by atoms with Gasteiger partial charge in [0.15, 0.2) is 10.8 Å². The molecule has 0 bridgehead atoms. The van der Waals surface area contributed by atoms with Gasteiger partial charge < -0.3 is 24.4 Å². The number of ether oxygens (including phenoxy) is 3. The molecule has 0 spiro atoms. The molecule has 17 heteroatoms. The summed E-state index contributed by atoms with van der Waals surface area (Å²) in [5, 5.41) is 8.30. The van der Waals surface area contributed by atoms with Gasteiger partial charge in [0.2, 0.25) is 0 Å². The lowest BCUT2D eigenvalue weighted by atomic mass is 10.0. The van der Waals surface area contributed by atoms with E-state index in [1.807, 2.05) is 0 Å². The molecule has 1 aromatic heterocycles. The highest BCUT2D eigenvalue weighted by molar-refractivity contribution is 8.00. The van der Waals surface area contributed by atoms with Gasteiger partial charge in [-0.15, -0.1) is 23.4 Å². The molecule has 1 aromatic carbocycles. The molecule has 44 heavy (non-hydrogen) atoms. The molecule has 2 aliphatic heterocycles. The minimum absolute atomic E-state index is 0.0140. The van der Waals surface area contributed by atoms with Gasteiger partial charge >= 0.3 is 12.1 Å². The number of hydrogen-bond acceptors (Lipinski definition) is 12. The van der Waals surface area contributed by atoms with Gasteiger partial charge in [0, 0.05) is 11.6 Å². The minimum Gasteiger partial charge on any atom is -0.497 e. The summed E-state index contributed by atoms with van der Waals surface area (Å²) >= 11 is 14.7. The second kappa shape index (κ2) is 14.1. The van der Waals surface area contributed by atoms with E-state index in [1.165, 1.54) is 23.8 Å². The molecule has 13 nitrogen and oxygen atoms in total. The Morgan fingerprint density at radius 2 is 1.89 bits per heavy atom. The molecular formula is C27H29Cl2N5O8S2. The summed E-state index contributed by atoms with van der Waals surface area (Å²) in [6.07, 6.45) is -0.763. The van der Waals surface area contributed by atoms with Gasteiger partial charge in [0.25, 0.3) is 11.8 Å². The van der Waals surface area contributed by atoms with Crippen LogP contribution < -0.4 is 15.4 Å². The first-order valence-corrected chi connectivity index (χ1v) is 15.8. The van der Waals surface area contributed by atoms with Crippen LogP contribution in [-0.4, -0.2) is 82.3 Å². The number of hydrogen-bond donors (Lipinski definition) is 2. The van der Waals surface area contributed by atoms with Crippen molar-refractivity contribution in [2.75, 3.05) is 31.2 Å². The van der Waals surface area contributed by atoms with E-state index in [0.717, 1.165) is 16.9 Å². The number of fused-ring (bicyclic) bond motifs is 1. The molecule has 4 rings (SSSR count). The number of anilines is 1. The SMILES string of the molecule is CO/N=C(\C(=O)N[C@@H]1C(=O)N2C(C(=O)OCc3ccc(OC)cc3)=C(CCl)CS[C@H]12)c1nc(NC(=O)OC(C)(C)C)sc1Cl. The summed E-state index contributed by atoms with van der Waals surface area (Å²) in [6.45, 7) is 5.08. The number of nitrogens with zero attached hydrogens (tertiary/aromatic N) is 3. The average molecular weight is 687 g/mol. The first-order valence-electron chi connectivity index (χ1n) is 13.0. The third-order valence-electron chi connectivity index (χ3n) is 6.03. The van der Waals surface area contributed by atoms with Gasteiger partial charge in [0.1, 0.15) is 52.2 Å². The Balaban J connectivity index is 1.45. The Morgan fingerprint density at radius 3 is 2.50 bits per heavy atom. The number of halogens is 2. The van der Waals surface area contributed by atoms with E-state index in [-0.39, 0.29) is 39.1 Å². The van der Waals surface area contributed by atoms with Crippen LogP contribution >= 0.6 is 46.3 Å². The van der Waals surface area contributed by atoms with Crippen LogP contribution in [-0.2, 0) is 35.3 Å². The maximum atomic E-state index is 13.3. The summed E-state index contributed by atoms with van der Waals surface area (Å²) in [5.74, 6) is -1.04. The molecule has 236 valence electrons. The number of esters is 1. The van der Waals surface area contributed by atoms with Gasteiger partial charge in [-0.2, -0.15) is 0 Å². The second-order valence-electron chi connectivity index (χ2n) is 10.3. The molecule has 0 aliphatic carbocycles. The molecule has 0 radical (unpaired) electrons. The third kappa shape index (κ3) is 7.57. The number of rotatable bonds is 10. The zero-order valence-corrected chi connectivity index (χ0v) is 27.4. The zero-order valence-electron chi connectivity index (χ0n) is 24.3. The van der Waals surface area contributed by atoms with E-state index in [2.05, 4.69) is 20.8 Å². The quantitative estimate of drug-likeness (QED) is 0.122. The van der Waals surface area contributed by atoms with E-state index in [1.54, 1.807) is 52.1 Å². The highest BCUT2D eigenvalue weighted by Gasteiger charge is 2.54. The molecule has 1 fully saturated rings. The summed E-state index contributed by atoms with van der Waals surface area (Å²) < 4.78 is 15.9. The van der Waals surface area contributed by atoms with E-state index in [9.17, 15) is 19.2 Å². The van der Waals surface area contributed by atoms with Crippen molar-refractivity contribution in [3.63, 3.8) is 0 Å². The van der Waals surface area contributed by atoms with Gasteiger partial charge in [-0.05, 0) is 44.0 Å². The lowest BCUT2D eigenvalue weighted by Crippen LogP contribution is -2.71. The number of thioether (sulfide) groups is 1. The summed E-state index contributed by atoms with van der Waals surface area (Å²) in [5.41, 5.74) is 0.169. The Bertz CT molecular complexity index is 1510. The predicted molar refractivity (Wildman–Crippen MR) is 166 cm³/mol. The van der Waals surface area contributed by atoms with Crippen LogP contribution in [0, 0.1) is 0 Å². The van der Waals surface area contributed by atoms with Crippen LogP contribution in [0.4, 0.5) is 9.93 Å². The fourth-order valence-corrected chi connectivity index (χ4v) is 6.81. The fourth-order valence-electron chi connectivity index (χ4n) is 4.10. The first-order chi connectivity index (χ1) is 20.9. The molecule has 0 saturated carbocycles. The monoisotopic (exact) mass is 685 g/mol. The van der Waals surface area contributed by atoms with E-state index < -0.39 is 40.9 Å². The van der Waals surface area contributed by atoms with Crippen molar-refractivity contribution in [1.82, 2.24) is 15.2 Å². The number of thiazole rings is 1. The van der Waals surface area contributed by atoms with Crippen molar-refractivity contribution in [3.05, 3.63) is 51.1 Å². The molecule has 2 aliphatic rings. The fraction of sp³-hybridized carbons (Fsp3) is 0.407. The number of benzene rings is 1.